The van der Waals surface area contributed by atoms with Gasteiger partial charge in [-0.3, -0.25) is 9.48 Å². The highest BCUT2D eigenvalue weighted by molar-refractivity contribution is 6.06. The van der Waals surface area contributed by atoms with E-state index in [-0.39, 0.29) is 5.91 Å². The van der Waals surface area contributed by atoms with Gasteiger partial charge in [0.1, 0.15) is 5.75 Å². The number of para-hydroxylation sites is 1. The number of nitrogens with one attached hydrogen (secondary N) is 1. The Morgan fingerprint density at radius 3 is 2.79 bits per heavy atom. The standard InChI is InChI=1S/C22H26N4O2/c1-15-20-18(14-19(16-10-11-16)24-21(20)26(2)25-15)22(27)23-12-6-7-13-28-17-8-4-3-5-9-17/h3-5,8-9,14,16H,6-7,10-13H2,1-2H3,(H,23,27). The van der Waals surface area contributed by atoms with Crippen LogP contribution < -0.4 is 10.1 Å². The fourth-order valence-corrected chi connectivity index (χ4v) is 3.46. The molecule has 2 heterocycles. The molecule has 1 fully saturated rings. The molecule has 1 saturated carbocycles. The van der Waals surface area contributed by atoms with Crippen molar-refractivity contribution in [3.05, 3.63) is 53.3 Å². The minimum atomic E-state index is -0.0469. The number of ether oxygens (including phenoxy) is 1. The second-order valence-corrected chi connectivity index (χ2v) is 7.40. The predicted molar refractivity (Wildman–Crippen MR) is 109 cm³/mol. The van der Waals surface area contributed by atoms with Gasteiger partial charge >= 0.3 is 0 Å². The summed E-state index contributed by atoms with van der Waals surface area (Å²) in [5, 5.41) is 8.37. The molecule has 1 aliphatic carbocycles. The van der Waals surface area contributed by atoms with E-state index >= 15 is 0 Å². The predicted octanol–water partition coefficient (Wildman–Crippen LogP) is 3.74. The normalized spacial score (nSPS) is 13.6. The van der Waals surface area contributed by atoms with Crippen LogP contribution in [0.3, 0.4) is 0 Å². The topological polar surface area (TPSA) is 69.0 Å². The quantitative estimate of drug-likeness (QED) is 0.606. The average Bonchev–Trinajstić information content (AvgIpc) is 3.51. The number of nitrogens with zero attached hydrogens (tertiary/aromatic N) is 3. The molecule has 4 rings (SSSR count). The number of fused-ring (bicyclic) bond motifs is 1. The van der Waals surface area contributed by atoms with Gasteiger partial charge in [-0.2, -0.15) is 5.10 Å². The summed E-state index contributed by atoms with van der Waals surface area (Å²) in [6.07, 6.45) is 4.06. The highest BCUT2D eigenvalue weighted by atomic mass is 16.5. The Balaban J connectivity index is 1.36. The number of carbonyl (C=O) groups excluding carboxylic acids is 1. The summed E-state index contributed by atoms with van der Waals surface area (Å²) in [5.74, 6) is 1.32. The first-order chi connectivity index (χ1) is 13.6. The number of rotatable bonds is 8. The van der Waals surface area contributed by atoms with Crippen molar-refractivity contribution < 1.29 is 9.53 Å². The molecule has 3 aromatic rings. The van der Waals surface area contributed by atoms with E-state index in [0.717, 1.165) is 53.9 Å². The zero-order valence-electron chi connectivity index (χ0n) is 16.4. The fourth-order valence-electron chi connectivity index (χ4n) is 3.46. The summed E-state index contributed by atoms with van der Waals surface area (Å²) in [5.41, 5.74) is 3.34. The number of hydrogen-bond donors (Lipinski definition) is 1. The summed E-state index contributed by atoms with van der Waals surface area (Å²) in [6, 6.07) is 11.7. The van der Waals surface area contributed by atoms with E-state index in [1.54, 1.807) is 4.68 Å². The van der Waals surface area contributed by atoms with Crippen molar-refractivity contribution in [2.45, 2.75) is 38.5 Å². The first-order valence-corrected chi connectivity index (χ1v) is 9.94. The van der Waals surface area contributed by atoms with Crippen molar-refractivity contribution in [1.82, 2.24) is 20.1 Å². The number of unbranched alkanes of at least 4 members (excludes halogenated alkanes) is 1. The van der Waals surface area contributed by atoms with Crippen molar-refractivity contribution in [3.63, 3.8) is 0 Å². The molecule has 0 radical (unpaired) electrons. The molecule has 0 saturated heterocycles. The van der Waals surface area contributed by atoms with Gasteiger partial charge in [-0.05, 0) is 50.8 Å². The van der Waals surface area contributed by atoms with Gasteiger partial charge in [-0.15, -0.1) is 0 Å². The van der Waals surface area contributed by atoms with Crippen LogP contribution in [-0.2, 0) is 7.05 Å². The van der Waals surface area contributed by atoms with E-state index in [2.05, 4.69) is 10.4 Å². The molecule has 0 bridgehead atoms. The van der Waals surface area contributed by atoms with Crippen LogP contribution in [0.15, 0.2) is 36.4 Å². The lowest BCUT2D eigenvalue weighted by Crippen LogP contribution is -2.25. The second-order valence-electron chi connectivity index (χ2n) is 7.40. The van der Waals surface area contributed by atoms with Crippen LogP contribution in [0.2, 0.25) is 0 Å². The highest BCUT2D eigenvalue weighted by Crippen LogP contribution is 2.40. The van der Waals surface area contributed by atoms with E-state index in [4.69, 9.17) is 9.72 Å². The summed E-state index contributed by atoms with van der Waals surface area (Å²) in [4.78, 5) is 17.6. The molecule has 0 aliphatic heterocycles. The summed E-state index contributed by atoms with van der Waals surface area (Å²) >= 11 is 0. The number of amides is 1. The number of hydrogen-bond acceptors (Lipinski definition) is 4. The van der Waals surface area contributed by atoms with Crippen LogP contribution in [0.25, 0.3) is 11.0 Å². The molecule has 6 nitrogen and oxygen atoms in total. The first kappa shape index (κ1) is 18.5. The monoisotopic (exact) mass is 378 g/mol. The molecule has 146 valence electrons. The SMILES string of the molecule is Cc1nn(C)c2nc(C3CC3)cc(C(=O)NCCCCOc3ccccc3)c12. The molecule has 28 heavy (non-hydrogen) atoms. The van der Waals surface area contributed by atoms with Crippen molar-refractivity contribution in [3.8, 4) is 5.75 Å². The Morgan fingerprint density at radius 1 is 1.25 bits per heavy atom. The highest BCUT2D eigenvalue weighted by Gasteiger charge is 2.28. The summed E-state index contributed by atoms with van der Waals surface area (Å²) < 4.78 is 7.46. The molecular formula is C22H26N4O2. The van der Waals surface area contributed by atoms with Gasteiger partial charge in [0.15, 0.2) is 5.65 Å². The minimum absolute atomic E-state index is 0.0469. The van der Waals surface area contributed by atoms with Crippen LogP contribution in [0.4, 0.5) is 0 Å². The van der Waals surface area contributed by atoms with Gasteiger partial charge in [-0.25, -0.2) is 4.98 Å². The number of aryl methyl sites for hydroxylation is 2. The summed E-state index contributed by atoms with van der Waals surface area (Å²) in [6.45, 7) is 3.20. The van der Waals surface area contributed by atoms with Gasteiger partial charge < -0.3 is 10.1 Å². The van der Waals surface area contributed by atoms with E-state index in [9.17, 15) is 4.79 Å². The lowest BCUT2D eigenvalue weighted by atomic mass is 10.1. The Kier molecular flexibility index (Phi) is 5.28. The third-order valence-corrected chi connectivity index (χ3v) is 5.10. The van der Waals surface area contributed by atoms with Crippen LogP contribution >= 0.6 is 0 Å². The Hall–Kier alpha value is -2.89. The molecule has 0 unspecified atom stereocenters. The Labute approximate surface area is 164 Å². The van der Waals surface area contributed by atoms with E-state index < -0.39 is 0 Å². The number of aromatic nitrogens is 3. The molecule has 0 spiro atoms. The maximum Gasteiger partial charge on any atom is 0.252 e. The molecule has 2 aromatic heterocycles. The van der Waals surface area contributed by atoms with Gasteiger partial charge in [-0.1, -0.05) is 18.2 Å². The first-order valence-electron chi connectivity index (χ1n) is 9.94. The van der Waals surface area contributed by atoms with Gasteiger partial charge in [0, 0.05) is 25.2 Å². The molecule has 1 N–H and O–H groups in total. The van der Waals surface area contributed by atoms with E-state index in [1.807, 2.05) is 50.4 Å². The van der Waals surface area contributed by atoms with Crippen molar-refractivity contribution in [2.75, 3.05) is 13.2 Å². The number of carbonyl (C=O) groups is 1. The lowest BCUT2D eigenvalue weighted by Gasteiger charge is -2.09. The molecular weight excluding hydrogens is 352 g/mol. The van der Waals surface area contributed by atoms with Crippen LogP contribution in [0.5, 0.6) is 5.75 Å². The van der Waals surface area contributed by atoms with Crippen molar-refractivity contribution >= 4 is 16.9 Å². The maximum absolute atomic E-state index is 12.9. The number of benzene rings is 1. The van der Waals surface area contributed by atoms with Gasteiger partial charge in [0.2, 0.25) is 0 Å². The van der Waals surface area contributed by atoms with Crippen LogP contribution in [0, 0.1) is 6.92 Å². The fraction of sp³-hybridized carbons (Fsp3) is 0.409. The molecule has 6 heteroatoms. The third kappa shape index (κ3) is 4.01. The maximum atomic E-state index is 12.9. The zero-order chi connectivity index (χ0) is 19.5. The van der Waals surface area contributed by atoms with Crippen LogP contribution in [0.1, 0.15) is 53.3 Å². The van der Waals surface area contributed by atoms with Crippen molar-refractivity contribution in [1.29, 1.82) is 0 Å². The Morgan fingerprint density at radius 2 is 2.04 bits per heavy atom. The second kappa shape index (κ2) is 8.00. The number of pyridine rings is 1. The largest absolute Gasteiger partial charge is 0.494 e. The average molecular weight is 378 g/mol. The molecule has 1 amide bonds. The molecule has 0 atom stereocenters. The molecule has 1 aromatic carbocycles. The molecule has 1 aliphatic rings. The lowest BCUT2D eigenvalue weighted by molar-refractivity contribution is 0.0953. The van der Waals surface area contributed by atoms with Gasteiger partial charge in [0.05, 0.1) is 23.3 Å². The van der Waals surface area contributed by atoms with Crippen LogP contribution in [-0.4, -0.2) is 33.8 Å². The third-order valence-electron chi connectivity index (χ3n) is 5.10. The van der Waals surface area contributed by atoms with Gasteiger partial charge in [0.25, 0.3) is 5.91 Å². The summed E-state index contributed by atoms with van der Waals surface area (Å²) in [7, 11) is 1.88. The van der Waals surface area contributed by atoms with Crippen molar-refractivity contribution in [2.24, 2.45) is 7.05 Å². The Bertz CT molecular complexity index is 977. The van der Waals surface area contributed by atoms with E-state index in [0.29, 0.717) is 24.6 Å². The minimum Gasteiger partial charge on any atom is -0.494 e. The van der Waals surface area contributed by atoms with E-state index in [1.165, 1.54) is 0 Å². The smallest absolute Gasteiger partial charge is 0.252 e. The zero-order valence-corrected chi connectivity index (χ0v) is 16.4.